The van der Waals surface area contributed by atoms with E-state index in [0.717, 1.165) is 11.3 Å². The number of rotatable bonds is 10. The molecule has 34 heavy (non-hydrogen) atoms. The monoisotopic (exact) mass is 455 g/mol. The number of carbonyl (C=O) groups excluding carboxylic acids is 1. The fourth-order valence-electron chi connectivity index (χ4n) is 4.59. The van der Waals surface area contributed by atoms with Gasteiger partial charge in [-0.05, 0) is 72.4 Å². The van der Waals surface area contributed by atoms with Crippen LogP contribution in [0.25, 0.3) is 16.7 Å². The second-order valence-corrected chi connectivity index (χ2v) is 8.32. The number of amides is 1. The summed E-state index contributed by atoms with van der Waals surface area (Å²) in [4.78, 5) is 14.6. The van der Waals surface area contributed by atoms with E-state index < -0.39 is 6.10 Å². The molecule has 0 spiro atoms. The predicted octanol–water partition coefficient (Wildman–Crippen LogP) is 5.99. The molecule has 0 aliphatic heterocycles. The molecule has 4 nitrogen and oxygen atoms in total. The molecule has 1 aliphatic carbocycles. The van der Waals surface area contributed by atoms with E-state index in [9.17, 15) is 4.79 Å². The molecule has 0 N–H and O–H groups in total. The molecule has 3 aromatic rings. The molecule has 1 atom stereocenters. The minimum absolute atomic E-state index is 0.0518. The van der Waals surface area contributed by atoms with E-state index in [4.69, 9.17) is 9.47 Å². The molecule has 0 heterocycles. The first-order valence-electron chi connectivity index (χ1n) is 12.2. The summed E-state index contributed by atoms with van der Waals surface area (Å²) in [6.07, 6.45) is 2.26. The Labute approximate surface area is 202 Å². The predicted molar refractivity (Wildman–Crippen MR) is 138 cm³/mol. The average Bonchev–Trinajstić information content (AvgIpc) is 3.19. The van der Waals surface area contributed by atoms with Crippen molar-refractivity contribution in [2.24, 2.45) is 0 Å². The van der Waals surface area contributed by atoms with Gasteiger partial charge in [0.05, 0.1) is 0 Å². The second kappa shape index (κ2) is 11.2. The lowest BCUT2D eigenvalue weighted by Gasteiger charge is -2.25. The molecular formula is C30H33NO3. The zero-order chi connectivity index (χ0) is 23.9. The van der Waals surface area contributed by atoms with Crippen LogP contribution in [-0.2, 0) is 16.0 Å². The van der Waals surface area contributed by atoms with Crippen molar-refractivity contribution in [1.29, 1.82) is 0 Å². The largest absolute Gasteiger partial charge is 0.490 e. The van der Waals surface area contributed by atoms with Gasteiger partial charge in [-0.15, -0.1) is 0 Å². The smallest absolute Gasteiger partial charge is 0.252 e. The molecule has 0 aromatic heterocycles. The Morgan fingerprint density at radius 1 is 0.824 bits per heavy atom. The van der Waals surface area contributed by atoms with Crippen LogP contribution in [0.5, 0.6) is 5.75 Å². The van der Waals surface area contributed by atoms with Gasteiger partial charge in [0, 0.05) is 26.1 Å². The maximum absolute atomic E-state index is 12.8. The molecule has 1 amide bonds. The highest BCUT2D eigenvalue weighted by Crippen LogP contribution is 2.43. The molecule has 1 unspecified atom stereocenters. The summed E-state index contributed by atoms with van der Waals surface area (Å²) in [6, 6.07) is 25.0. The Morgan fingerprint density at radius 2 is 1.38 bits per heavy atom. The van der Waals surface area contributed by atoms with E-state index in [1.54, 1.807) is 0 Å². The lowest BCUT2D eigenvalue weighted by molar-refractivity contribution is -0.143. The number of hydrogen-bond donors (Lipinski definition) is 0. The third-order valence-corrected chi connectivity index (χ3v) is 6.32. The van der Waals surface area contributed by atoms with Gasteiger partial charge in [0.2, 0.25) is 0 Å². The normalized spacial score (nSPS) is 12.6. The van der Waals surface area contributed by atoms with Gasteiger partial charge in [0.25, 0.3) is 5.91 Å². The first kappa shape index (κ1) is 23.8. The van der Waals surface area contributed by atoms with Crippen LogP contribution in [0.2, 0.25) is 0 Å². The SMILES string of the molecule is CCOC(Cc1ccc(OCC=C2c3ccccc3-c3ccccc32)cc1)C(=O)N(CC)CC. The Balaban J connectivity index is 1.42. The Bertz CT molecular complexity index is 1100. The highest BCUT2D eigenvalue weighted by Gasteiger charge is 2.24. The summed E-state index contributed by atoms with van der Waals surface area (Å²) in [5.74, 6) is 0.860. The molecule has 0 bridgehead atoms. The highest BCUT2D eigenvalue weighted by atomic mass is 16.5. The van der Waals surface area contributed by atoms with E-state index >= 15 is 0 Å². The number of ether oxygens (including phenoxy) is 2. The summed E-state index contributed by atoms with van der Waals surface area (Å²) in [7, 11) is 0. The number of carbonyl (C=O) groups is 1. The van der Waals surface area contributed by atoms with Crippen molar-refractivity contribution in [3.05, 3.63) is 95.6 Å². The van der Waals surface area contributed by atoms with Crippen molar-refractivity contribution < 1.29 is 14.3 Å². The van der Waals surface area contributed by atoms with Crippen molar-refractivity contribution in [2.75, 3.05) is 26.3 Å². The molecular weight excluding hydrogens is 422 g/mol. The van der Waals surface area contributed by atoms with E-state index in [0.29, 0.717) is 32.7 Å². The quantitative estimate of drug-likeness (QED) is 0.295. The first-order valence-corrected chi connectivity index (χ1v) is 12.2. The van der Waals surface area contributed by atoms with Crippen molar-refractivity contribution in [1.82, 2.24) is 4.90 Å². The molecule has 176 valence electrons. The molecule has 3 aromatic carbocycles. The molecule has 0 saturated heterocycles. The Kier molecular flexibility index (Phi) is 7.81. The first-order chi connectivity index (χ1) is 16.7. The van der Waals surface area contributed by atoms with Crippen LogP contribution in [0.1, 0.15) is 37.5 Å². The van der Waals surface area contributed by atoms with Crippen LogP contribution in [-0.4, -0.2) is 43.2 Å². The lowest BCUT2D eigenvalue weighted by atomic mass is 10.0. The number of likely N-dealkylation sites (N-methyl/N-ethyl adjacent to an activating group) is 1. The average molecular weight is 456 g/mol. The van der Waals surface area contributed by atoms with Crippen molar-refractivity contribution in [2.45, 2.75) is 33.3 Å². The van der Waals surface area contributed by atoms with Crippen LogP contribution in [0.15, 0.2) is 78.9 Å². The van der Waals surface area contributed by atoms with Crippen molar-refractivity contribution >= 4 is 11.5 Å². The number of nitrogens with zero attached hydrogens (tertiary/aromatic N) is 1. The summed E-state index contributed by atoms with van der Waals surface area (Å²) in [5, 5.41) is 0. The summed E-state index contributed by atoms with van der Waals surface area (Å²) in [6.45, 7) is 8.30. The molecule has 0 radical (unpaired) electrons. The van der Waals surface area contributed by atoms with E-state index in [1.807, 2.05) is 49.9 Å². The van der Waals surface area contributed by atoms with Crippen LogP contribution >= 0.6 is 0 Å². The Hall–Kier alpha value is -3.37. The van der Waals surface area contributed by atoms with Crippen LogP contribution in [0.3, 0.4) is 0 Å². The van der Waals surface area contributed by atoms with E-state index in [2.05, 4.69) is 54.6 Å². The number of fused-ring (bicyclic) bond motifs is 3. The lowest BCUT2D eigenvalue weighted by Crippen LogP contribution is -2.41. The number of hydrogen-bond acceptors (Lipinski definition) is 3. The second-order valence-electron chi connectivity index (χ2n) is 8.32. The van der Waals surface area contributed by atoms with Gasteiger partial charge in [-0.1, -0.05) is 60.7 Å². The van der Waals surface area contributed by atoms with Gasteiger partial charge >= 0.3 is 0 Å². The summed E-state index contributed by atoms with van der Waals surface area (Å²) < 4.78 is 11.8. The maximum atomic E-state index is 12.8. The zero-order valence-corrected chi connectivity index (χ0v) is 20.3. The van der Waals surface area contributed by atoms with Crippen LogP contribution < -0.4 is 4.74 Å². The fourth-order valence-corrected chi connectivity index (χ4v) is 4.59. The van der Waals surface area contributed by atoms with Gasteiger partial charge in [-0.2, -0.15) is 0 Å². The van der Waals surface area contributed by atoms with Crippen molar-refractivity contribution in [3.8, 4) is 16.9 Å². The van der Waals surface area contributed by atoms with E-state index in [-0.39, 0.29) is 5.91 Å². The standard InChI is InChI=1S/C30H33NO3/c1-4-31(5-2)30(32)29(33-6-3)21-22-15-17-23(18-16-22)34-20-19-28-26-13-9-7-11-24(26)25-12-8-10-14-27(25)28/h7-19,29H,4-6,20-21H2,1-3H3. The summed E-state index contributed by atoms with van der Waals surface area (Å²) >= 11 is 0. The zero-order valence-electron chi connectivity index (χ0n) is 20.3. The molecule has 4 heteroatoms. The topological polar surface area (TPSA) is 38.8 Å². The van der Waals surface area contributed by atoms with Crippen LogP contribution in [0.4, 0.5) is 0 Å². The Morgan fingerprint density at radius 3 is 1.91 bits per heavy atom. The third-order valence-electron chi connectivity index (χ3n) is 6.32. The van der Waals surface area contributed by atoms with Gasteiger partial charge in [-0.25, -0.2) is 0 Å². The van der Waals surface area contributed by atoms with E-state index in [1.165, 1.54) is 27.8 Å². The molecule has 0 saturated carbocycles. The van der Waals surface area contributed by atoms with Gasteiger partial charge in [0.1, 0.15) is 18.5 Å². The summed E-state index contributed by atoms with van der Waals surface area (Å²) in [5.41, 5.74) is 7.33. The maximum Gasteiger partial charge on any atom is 0.252 e. The fraction of sp³-hybridized carbons (Fsp3) is 0.300. The molecule has 0 fully saturated rings. The minimum atomic E-state index is -0.455. The third kappa shape index (κ3) is 5.07. The van der Waals surface area contributed by atoms with Gasteiger partial charge < -0.3 is 14.4 Å². The minimum Gasteiger partial charge on any atom is -0.490 e. The number of benzene rings is 3. The molecule has 1 aliphatic rings. The van der Waals surface area contributed by atoms with Crippen molar-refractivity contribution in [3.63, 3.8) is 0 Å². The van der Waals surface area contributed by atoms with Gasteiger partial charge in [-0.3, -0.25) is 4.79 Å². The van der Waals surface area contributed by atoms with Crippen LogP contribution in [0, 0.1) is 0 Å². The van der Waals surface area contributed by atoms with Gasteiger partial charge in [0.15, 0.2) is 0 Å². The highest BCUT2D eigenvalue weighted by molar-refractivity contribution is 6.01. The molecule has 4 rings (SSSR count).